The van der Waals surface area contributed by atoms with E-state index >= 15 is 0 Å². The van der Waals surface area contributed by atoms with E-state index in [9.17, 15) is 9.65 Å². The van der Waals surface area contributed by atoms with Gasteiger partial charge in [0, 0.05) is 12.0 Å². The number of para-hydroxylation sites is 1. The third-order valence-electron chi connectivity index (χ3n) is 3.64. The number of nitriles is 1. The maximum absolute atomic E-state index is 13.8. The molecular formula is C19H20FNO. The molecule has 22 heavy (non-hydrogen) atoms. The van der Waals surface area contributed by atoms with Crippen molar-refractivity contribution in [2.24, 2.45) is 0 Å². The third-order valence-corrected chi connectivity index (χ3v) is 3.64. The fraction of sp³-hybridized carbons (Fsp3) is 0.316. The second-order valence-electron chi connectivity index (χ2n) is 5.53. The number of nitrogens with zero attached hydrogens (tertiary/aromatic N) is 1. The normalized spacial score (nSPS) is 12.0. The lowest BCUT2D eigenvalue weighted by Gasteiger charge is -2.15. The van der Waals surface area contributed by atoms with Gasteiger partial charge in [-0.05, 0) is 23.6 Å². The van der Waals surface area contributed by atoms with Crippen LogP contribution in [-0.2, 0) is 0 Å². The van der Waals surface area contributed by atoms with Gasteiger partial charge in [-0.3, -0.25) is 0 Å². The zero-order valence-corrected chi connectivity index (χ0v) is 12.9. The zero-order valence-electron chi connectivity index (χ0n) is 12.9. The summed E-state index contributed by atoms with van der Waals surface area (Å²) in [6.45, 7) is 4.61. The Bertz CT molecular complexity index is 660. The standard InChI is InChI=1S/C19H20FNO/c1-14(2)16-7-4-6-10-19(16)22-12-11-15(13-21)17-8-3-5-9-18(17)20/h3-10,14-15H,11-12H2,1-2H3. The Labute approximate surface area is 131 Å². The fourth-order valence-corrected chi connectivity index (χ4v) is 2.42. The molecule has 0 aliphatic rings. The van der Waals surface area contributed by atoms with E-state index in [0.717, 1.165) is 11.3 Å². The largest absolute Gasteiger partial charge is 0.493 e. The van der Waals surface area contributed by atoms with E-state index in [1.54, 1.807) is 18.2 Å². The lowest BCUT2D eigenvalue weighted by molar-refractivity contribution is 0.301. The minimum Gasteiger partial charge on any atom is -0.493 e. The lowest BCUT2D eigenvalue weighted by atomic mass is 9.97. The second-order valence-corrected chi connectivity index (χ2v) is 5.53. The predicted octanol–water partition coefficient (Wildman–Crippen LogP) is 5.03. The molecule has 2 aromatic carbocycles. The number of benzene rings is 2. The van der Waals surface area contributed by atoms with E-state index in [1.807, 2.05) is 24.3 Å². The first-order valence-corrected chi connectivity index (χ1v) is 7.49. The van der Waals surface area contributed by atoms with Crippen molar-refractivity contribution >= 4 is 0 Å². The molecule has 1 unspecified atom stereocenters. The van der Waals surface area contributed by atoms with Crippen LogP contribution in [0.5, 0.6) is 5.75 Å². The van der Waals surface area contributed by atoms with Crippen LogP contribution >= 0.6 is 0 Å². The Morgan fingerprint density at radius 3 is 2.32 bits per heavy atom. The topological polar surface area (TPSA) is 33.0 Å². The van der Waals surface area contributed by atoms with Crippen LogP contribution in [0.4, 0.5) is 4.39 Å². The van der Waals surface area contributed by atoms with Crippen molar-refractivity contribution in [3.8, 4) is 11.8 Å². The number of rotatable bonds is 6. The van der Waals surface area contributed by atoms with E-state index in [0.29, 0.717) is 24.5 Å². The van der Waals surface area contributed by atoms with E-state index in [-0.39, 0.29) is 5.82 Å². The average Bonchev–Trinajstić information content (AvgIpc) is 2.53. The van der Waals surface area contributed by atoms with Gasteiger partial charge in [0.15, 0.2) is 0 Å². The van der Waals surface area contributed by atoms with Gasteiger partial charge < -0.3 is 4.74 Å². The summed E-state index contributed by atoms with van der Waals surface area (Å²) in [4.78, 5) is 0. The zero-order chi connectivity index (χ0) is 15.9. The molecule has 0 aromatic heterocycles. The highest BCUT2D eigenvalue weighted by Gasteiger charge is 2.15. The molecule has 0 amide bonds. The van der Waals surface area contributed by atoms with Crippen molar-refractivity contribution in [2.45, 2.75) is 32.1 Å². The Kier molecular flexibility index (Phi) is 5.55. The number of hydrogen-bond acceptors (Lipinski definition) is 2. The van der Waals surface area contributed by atoms with Gasteiger partial charge >= 0.3 is 0 Å². The molecule has 2 aromatic rings. The third kappa shape index (κ3) is 3.85. The number of ether oxygens (including phenoxy) is 1. The van der Waals surface area contributed by atoms with Crippen LogP contribution in [0.2, 0.25) is 0 Å². The van der Waals surface area contributed by atoms with Crippen molar-refractivity contribution in [1.29, 1.82) is 5.26 Å². The summed E-state index contributed by atoms with van der Waals surface area (Å²) in [5.74, 6) is 0.376. The molecule has 0 saturated heterocycles. The summed E-state index contributed by atoms with van der Waals surface area (Å²) < 4.78 is 19.6. The SMILES string of the molecule is CC(C)c1ccccc1OCCC(C#N)c1ccccc1F. The quantitative estimate of drug-likeness (QED) is 0.749. The van der Waals surface area contributed by atoms with Crippen LogP contribution in [0.25, 0.3) is 0 Å². The summed E-state index contributed by atoms with van der Waals surface area (Å²) in [6, 6.07) is 16.5. The molecule has 1 atom stereocenters. The predicted molar refractivity (Wildman–Crippen MR) is 85.4 cm³/mol. The number of halogens is 1. The van der Waals surface area contributed by atoms with Crippen LogP contribution in [0, 0.1) is 17.1 Å². The van der Waals surface area contributed by atoms with Crippen LogP contribution in [0.15, 0.2) is 48.5 Å². The smallest absolute Gasteiger partial charge is 0.127 e. The average molecular weight is 297 g/mol. The molecule has 0 saturated carbocycles. The molecule has 2 nitrogen and oxygen atoms in total. The molecule has 0 aliphatic carbocycles. The van der Waals surface area contributed by atoms with Gasteiger partial charge in [0.05, 0.1) is 18.6 Å². The van der Waals surface area contributed by atoms with Gasteiger partial charge in [-0.2, -0.15) is 5.26 Å². The van der Waals surface area contributed by atoms with Crippen LogP contribution in [0.1, 0.15) is 43.2 Å². The summed E-state index contributed by atoms with van der Waals surface area (Å²) in [5, 5.41) is 9.27. The number of hydrogen-bond donors (Lipinski definition) is 0. The van der Waals surface area contributed by atoms with E-state index in [4.69, 9.17) is 4.74 Å². The van der Waals surface area contributed by atoms with Gasteiger partial charge in [-0.25, -0.2) is 4.39 Å². The van der Waals surface area contributed by atoms with Gasteiger partial charge in [0.2, 0.25) is 0 Å². The first-order valence-electron chi connectivity index (χ1n) is 7.49. The Hall–Kier alpha value is -2.34. The maximum atomic E-state index is 13.8. The molecule has 0 fully saturated rings. The molecule has 114 valence electrons. The molecular weight excluding hydrogens is 277 g/mol. The van der Waals surface area contributed by atoms with Gasteiger partial charge in [-0.15, -0.1) is 0 Å². The minimum absolute atomic E-state index is 0.336. The molecule has 0 spiro atoms. The van der Waals surface area contributed by atoms with Crippen molar-refractivity contribution in [3.05, 3.63) is 65.5 Å². The molecule has 0 aliphatic heterocycles. The fourth-order valence-electron chi connectivity index (χ4n) is 2.42. The van der Waals surface area contributed by atoms with Crippen LogP contribution < -0.4 is 4.74 Å². The van der Waals surface area contributed by atoms with Gasteiger partial charge in [-0.1, -0.05) is 50.2 Å². The van der Waals surface area contributed by atoms with Gasteiger partial charge in [0.1, 0.15) is 11.6 Å². The highest BCUT2D eigenvalue weighted by molar-refractivity contribution is 5.35. The highest BCUT2D eigenvalue weighted by Crippen LogP contribution is 2.27. The molecule has 0 radical (unpaired) electrons. The summed E-state index contributed by atoms with van der Waals surface area (Å²) >= 11 is 0. The van der Waals surface area contributed by atoms with Crippen molar-refractivity contribution < 1.29 is 9.13 Å². The lowest BCUT2D eigenvalue weighted by Crippen LogP contribution is -2.07. The first-order chi connectivity index (χ1) is 10.6. The van der Waals surface area contributed by atoms with Crippen LogP contribution in [-0.4, -0.2) is 6.61 Å². The van der Waals surface area contributed by atoms with Crippen molar-refractivity contribution in [3.63, 3.8) is 0 Å². The molecule has 0 bridgehead atoms. The van der Waals surface area contributed by atoms with E-state index in [2.05, 4.69) is 19.9 Å². The maximum Gasteiger partial charge on any atom is 0.127 e. The summed E-state index contributed by atoms with van der Waals surface area (Å²) in [6.07, 6.45) is 0.462. The van der Waals surface area contributed by atoms with Crippen molar-refractivity contribution in [2.75, 3.05) is 6.61 Å². The first kappa shape index (κ1) is 16.0. The highest BCUT2D eigenvalue weighted by atomic mass is 19.1. The van der Waals surface area contributed by atoms with E-state index < -0.39 is 5.92 Å². The Morgan fingerprint density at radius 2 is 1.68 bits per heavy atom. The second kappa shape index (κ2) is 7.61. The Morgan fingerprint density at radius 1 is 1.05 bits per heavy atom. The molecule has 0 heterocycles. The molecule has 3 heteroatoms. The molecule has 2 rings (SSSR count). The van der Waals surface area contributed by atoms with Crippen molar-refractivity contribution in [1.82, 2.24) is 0 Å². The monoisotopic (exact) mass is 297 g/mol. The summed E-state index contributed by atoms with van der Waals surface area (Å²) in [7, 11) is 0. The Balaban J connectivity index is 2.01. The minimum atomic E-state index is -0.493. The van der Waals surface area contributed by atoms with E-state index in [1.165, 1.54) is 6.07 Å². The molecule has 0 N–H and O–H groups in total. The summed E-state index contributed by atoms with van der Waals surface area (Å²) in [5.41, 5.74) is 1.58. The van der Waals surface area contributed by atoms with Crippen LogP contribution in [0.3, 0.4) is 0 Å². The van der Waals surface area contributed by atoms with Gasteiger partial charge in [0.25, 0.3) is 0 Å².